The molecule has 0 N–H and O–H groups in total. The van der Waals surface area contributed by atoms with Gasteiger partial charge in [-0.05, 0) is 11.8 Å². The monoisotopic (exact) mass is 630 g/mol. The summed E-state index contributed by atoms with van der Waals surface area (Å²) in [5, 5.41) is 0. The molecule has 0 spiro atoms. The molecule has 0 amide bonds. The molecular formula is C25H18N2PtY-2. The van der Waals surface area contributed by atoms with Gasteiger partial charge >= 0.3 is 21.1 Å². The second-order valence-corrected chi connectivity index (χ2v) is 5.62. The van der Waals surface area contributed by atoms with E-state index in [0.717, 1.165) is 28.1 Å². The van der Waals surface area contributed by atoms with Gasteiger partial charge in [-0.15, -0.1) is 59.9 Å². The Kier molecular flexibility index (Phi) is 12.3. The zero-order valence-corrected chi connectivity index (χ0v) is 20.8. The van der Waals surface area contributed by atoms with Gasteiger partial charge in [-0.3, -0.25) is 5.56 Å². The molecule has 0 aliphatic rings. The summed E-state index contributed by atoms with van der Waals surface area (Å²) in [6, 6.07) is 35.1. The number of hydrogen-bond donors (Lipinski definition) is 0. The van der Waals surface area contributed by atoms with Crippen LogP contribution >= 0.6 is 0 Å². The van der Waals surface area contributed by atoms with Crippen molar-refractivity contribution in [1.29, 1.82) is 0 Å². The molecular weight excluding hydrogens is 612 g/mol. The maximum Gasteiger partial charge on any atom is 2.00 e. The van der Waals surface area contributed by atoms with E-state index in [1.807, 2.05) is 91.0 Å². The van der Waals surface area contributed by atoms with Gasteiger partial charge in [-0.1, -0.05) is 12.1 Å². The van der Waals surface area contributed by atoms with Crippen LogP contribution < -0.4 is 0 Å². The van der Waals surface area contributed by atoms with E-state index in [1.165, 1.54) is 0 Å². The molecule has 2 nitrogen and oxygen atoms in total. The SMILES string of the molecule is [CH2-]c1ccccc1[C-]=Nc1[c-]cccc1.[Pt+2].[Y].[c-]1ccccc1-c1ccccn1. The molecule has 1 radical (unpaired) electrons. The molecule has 0 aliphatic heterocycles. The van der Waals surface area contributed by atoms with Crippen molar-refractivity contribution >= 4 is 11.9 Å². The molecule has 0 unspecified atom stereocenters. The van der Waals surface area contributed by atoms with Crippen LogP contribution in [0.3, 0.4) is 0 Å². The maximum absolute atomic E-state index is 4.22. The van der Waals surface area contributed by atoms with Crippen molar-refractivity contribution < 1.29 is 53.8 Å². The van der Waals surface area contributed by atoms with E-state index >= 15 is 0 Å². The quantitative estimate of drug-likeness (QED) is 0.207. The van der Waals surface area contributed by atoms with Crippen molar-refractivity contribution in [2.45, 2.75) is 0 Å². The molecule has 4 aromatic rings. The predicted molar refractivity (Wildman–Crippen MR) is 111 cm³/mol. The van der Waals surface area contributed by atoms with E-state index < -0.39 is 0 Å². The topological polar surface area (TPSA) is 25.2 Å². The van der Waals surface area contributed by atoms with Crippen LogP contribution in [0.4, 0.5) is 5.69 Å². The van der Waals surface area contributed by atoms with Crippen molar-refractivity contribution in [3.63, 3.8) is 0 Å². The second kappa shape index (κ2) is 14.2. The van der Waals surface area contributed by atoms with E-state index in [1.54, 1.807) is 6.20 Å². The standard InChI is InChI=1S/C14H10N.C11H8N.Pt.Y/c1-12-7-5-6-8-13(12)11-15-14-9-3-2-4-10-14;1-2-6-10(7-3-1)11-8-4-5-9-12-11;;/h2-9H,1H2;1-6,8-9H;;/q-3;-1;+2;. The predicted octanol–water partition coefficient (Wildman–Crippen LogP) is 5.84. The Morgan fingerprint density at radius 2 is 1.48 bits per heavy atom. The number of hydrogen-bond acceptors (Lipinski definition) is 2. The van der Waals surface area contributed by atoms with Crippen molar-refractivity contribution in [2.24, 2.45) is 4.99 Å². The molecule has 29 heavy (non-hydrogen) atoms. The Balaban J connectivity index is 0.000000277. The first-order valence-corrected chi connectivity index (χ1v) is 8.55. The smallest absolute Gasteiger partial charge is 0.392 e. The number of para-hydroxylation sites is 1. The average molecular weight is 630 g/mol. The largest absolute Gasteiger partial charge is 2.00 e. The van der Waals surface area contributed by atoms with Crippen LogP contribution in [0, 0.1) is 19.1 Å². The summed E-state index contributed by atoms with van der Waals surface area (Å²) >= 11 is 0. The summed E-state index contributed by atoms with van der Waals surface area (Å²) in [5.41, 5.74) is 4.63. The minimum Gasteiger partial charge on any atom is -0.392 e. The molecule has 3 aromatic carbocycles. The molecule has 0 saturated heterocycles. The number of rotatable bonds is 3. The van der Waals surface area contributed by atoms with Gasteiger partial charge in [0.2, 0.25) is 0 Å². The van der Waals surface area contributed by atoms with E-state index in [2.05, 4.69) is 35.2 Å². The molecule has 0 saturated carbocycles. The van der Waals surface area contributed by atoms with Crippen LogP contribution in [-0.4, -0.2) is 11.2 Å². The Bertz CT molecular complexity index is 938. The normalized spacial score (nSPS) is 9.52. The Morgan fingerprint density at radius 3 is 2.10 bits per heavy atom. The Morgan fingerprint density at radius 1 is 0.793 bits per heavy atom. The Hall–Kier alpha value is -1.86. The molecule has 0 bridgehead atoms. The Labute approximate surface area is 212 Å². The summed E-state index contributed by atoms with van der Waals surface area (Å²) in [4.78, 5) is 8.41. The average Bonchev–Trinajstić information content (AvgIpc) is 2.76. The van der Waals surface area contributed by atoms with E-state index in [4.69, 9.17) is 0 Å². The van der Waals surface area contributed by atoms with E-state index in [9.17, 15) is 0 Å². The van der Waals surface area contributed by atoms with Crippen molar-refractivity contribution in [3.8, 4) is 11.3 Å². The molecule has 143 valence electrons. The molecule has 4 heteroatoms. The van der Waals surface area contributed by atoms with Crippen molar-refractivity contribution in [3.05, 3.63) is 127 Å². The van der Waals surface area contributed by atoms with Crippen LogP contribution in [0.25, 0.3) is 11.3 Å². The van der Waals surface area contributed by atoms with Crippen LogP contribution in [0.5, 0.6) is 0 Å². The van der Waals surface area contributed by atoms with Gasteiger partial charge in [-0.2, -0.15) is 30.3 Å². The third-order valence-electron chi connectivity index (χ3n) is 3.66. The molecule has 1 aromatic heterocycles. The number of benzene rings is 3. The van der Waals surface area contributed by atoms with Gasteiger partial charge in [0.05, 0.1) is 0 Å². The third kappa shape index (κ3) is 8.58. The van der Waals surface area contributed by atoms with Gasteiger partial charge < -0.3 is 9.98 Å². The molecule has 0 aliphatic carbocycles. The fraction of sp³-hybridized carbons (Fsp3) is 0. The molecule has 4 rings (SSSR count). The van der Waals surface area contributed by atoms with E-state index in [0.29, 0.717) is 0 Å². The van der Waals surface area contributed by atoms with Gasteiger partial charge in [-0.25, -0.2) is 24.6 Å². The maximum atomic E-state index is 4.22. The minimum atomic E-state index is 0. The van der Waals surface area contributed by atoms with Crippen molar-refractivity contribution in [2.75, 3.05) is 0 Å². The number of pyridine rings is 1. The third-order valence-corrected chi connectivity index (χ3v) is 3.66. The van der Waals surface area contributed by atoms with Crippen LogP contribution in [-0.2, 0) is 53.8 Å². The second-order valence-electron chi connectivity index (χ2n) is 5.62. The molecule has 1 heterocycles. The van der Waals surface area contributed by atoms with Crippen LogP contribution in [0.15, 0.2) is 102 Å². The zero-order chi connectivity index (χ0) is 18.7. The first-order chi connectivity index (χ1) is 13.3. The van der Waals surface area contributed by atoms with Gasteiger partial charge in [0.15, 0.2) is 0 Å². The fourth-order valence-corrected chi connectivity index (χ4v) is 2.28. The summed E-state index contributed by atoms with van der Waals surface area (Å²) in [6.07, 6.45) is 4.75. The van der Waals surface area contributed by atoms with Gasteiger partial charge in [0.25, 0.3) is 0 Å². The summed E-state index contributed by atoms with van der Waals surface area (Å²) in [6.45, 7) is 3.90. The van der Waals surface area contributed by atoms with Gasteiger partial charge in [0.1, 0.15) is 0 Å². The van der Waals surface area contributed by atoms with Crippen molar-refractivity contribution in [1.82, 2.24) is 4.98 Å². The number of nitrogens with zero attached hydrogens (tertiary/aromatic N) is 2. The first-order valence-electron chi connectivity index (χ1n) is 8.55. The van der Waals surface area contributed by atoms with Crippen LogP contribution in [0.2, 0.25) is 0 Å². The molecule has 0 fully saturated rings. The number of aromatic nitrogens is 1. The number of aliphatic imine (C=N–C) groups is 1. The summed E-state index contributed by atoms with van der Waals surface area (Å²) in [5.74, 6) is 0. The fourth-order valence-electron chi connectivity index (χ4n) is 2.28. The summed E-state index contributed by atoms with van der Waals surface area (Å²) < 4.78 is 0. The summed E-state index contributed by atoms with van der Waals surface area (Å²) in [7, 11) is 0. The zero-order valence-electron chi connectivity index (χ0n) is 15.7. The van der Waals surface area contributed by atoms with E-state index in [-0.39, 0.29) is 53.8 Å². The molecule has 0 atom stereocenters. The minimum absolute atomic E-state index is 0. The van der Waals surface area contributed by atoms with Crippen LogP contribution in [0.1, 0.15) is 11.1 Å². The van der Waals surface area contributed by atoms with Gasteiger partial charge in [0, 0.05) is 38.9 Å². The first kappa shape index (κ1) is 25.2.